The maximum Gasteiger partial charge on any atom is 0.573 e. The number of aromatic nitrogens is 3. The van der Waals surface area contributed by atoms with Crippen LogP contribution in [0, 0.1) is 5.82 Å². The van der Waals surface area contributed by atoms with Gasteiger partial charge < -0.3 is 9.47 Å². The Morgan fingerprint density at radius 3 is 2.36 bits per heavy atom. The first-order chi connectivity index (χ1) is 19.8. The molecule has 0 unspecified atom stereocenters. The largest absolute Gasteiger partial charge is 0.573 e. The number of ether oxygens (including phenoxy) is 2. The van der Waals surface area contributed by atoms with Gasteiger partial charge in [0.2, 0.25) is 11.9 Å². The number of halogens is 5. The van der Waals surface area contributed by atoms with Crippen LogP contribution < -0.4 is 19.1 Å². The molecule has 0 bridgehead atoms. The van der Waals surface area contributed by atoms with E-state index in [2.05, 4.69) is 24.4 Å². The molecule has 16 heteroatoms. The minimum atomic E-state index is -5.13. The number of nitrogens with zero attached hydrogens (tertiary/aromatic N) is 4. The van der Waals surface area contributed by atoms with Crippen LogP contribution in [0.3, 0.4) is 0 Å². The Balaban J connectivity index is 1.73. The van der Waals surface area contributed by atoms with Crippen LogP contribution in [0.15, 0.2) is 72.0 Å². The van der Waals surface area contributed by atoms with Crippen molar-refractivity contribution in [3.8, 4) is 22.6 Å². The number of hydrogen-bond acceptors (Lipinski definition) is 8. The number of carbonyl (C=O) groups is 1. The van der Waals surface area contributed by atoms with Gasteiger partial charge in [0.15, 0.2) is 11.6 Å². The fourth-order valence-electron chi connectivity index (χ4n) is 3.71. The molecule has 2 aromatic heterocycles. The fourth-order valence-corrected chi connectivity index (χ4v) is 4.88. The monoisotopic (exact) mass is 625 g/mol. The first-order valence-electron chi connectivity index (χ1n) is 11.8. The third-order valence-corrected chi connectivity index (χ3v) is 7.21. The van der Waals surface area contributed by atoms with Gasteiger partial charge >= 0.3 is 6.36 Å². The summed E-state index contributed by atoms with van der Waals surface area (Å²) in [5.41, 5.74) is 0.323. The summed E-state index contributed by atoms with van der Waals surface area (Å²) in [5.74, 6) is -2.85. The number of alkyl halides is 3. The summed E-state index contributed by atoms with van der Waals surface area (Å²) in [7, 11) is -2.83. The van der Waals surface area contributed by atoms with E-state index in [-0.39, 0.29) is 50.7 Å². The topological polar surface area (TPSA) is 124 Å². The average molecular weight is 626 g/mol. The standard InChI is InChI=1S/C26H20ClF4N5O5S/c1-3-24(37)36(23-8-6-16(14-34-23)42(38,39)35-25-32-9-4-10-33-25)20-13-18(27)17(12-22(20)40-2)15-5-7-19(28)21(11-15)41-26(29,30)31/h4-14H,3H2,1-2H3,(H,32,33,35). The highest BCUT2D eigenvalue weighted by atomic mass is 35.5. The molecule has 1 N–H and O–H groups in total. The van der Waals surface area contributed by atoms with Crippen LogP contribution in [0.2, 0.25) is 5.02 Å². The Hall–Kier alpha value is -4.50. The second-order valence-corrected chi connectivity index (χ2v) is 10.4. The van der Waals surface area contributed by atoms with Gasteiger partial charge in [0.1, 0.15) is 16.5 Å². The van der Waals surface area contributed by atoms with Crippen LogP contribution in [-0.2, 0) is 14.8 Å². The van der Waals surface area contributed by atoms with Crippen molar-refractivity contribution in [1.29, 1.82) is 0 Å². The number of rotatable bonds is 9. The molecule has 42 heavy (non-hydrogen) atoms. The van der Waals surface area contributed by atoms with Crippen molar-refractivity contribution in [3.63, 3.8) is 0 Å². The smallest absolute Gasteiger partial charge is 0.495 e. The van der Waals surface area contributed by atoms with Crippen LogP contribution >= 0.6 is 11.6 Å². The van der Waals surface area contributed by atoms with Gasteiger partial charge in [-0.1, -0.05) is 24.6 Å². The maximum atomic E-state index is 14.0. The van der Waals surface area contributed by atoms with Gasteiger partial charge in [-0.3, -0.25) is 9.69 Å². The summed E-state index contributed by atoms with van der Waals surface area (Å²) in [4.78, 5) is 25.7. The molecule has 0 radical (unpaired) electrons. The zero-order valence-electron chi connectivity index (χ0n) is 21.7. The van der Waals surface area contributed by atoms with Crippen molar-refractivity contribution >= 4 is 45.0 Å². The number of nitrogens with one attached hydrogen (secondary N) is 1. The number of anilines is 3. The van der Waals surface area contributed by atoms with E-state index in [1.165, 1.54) is 55.9 Å². The molecule has 4 aromatic rings. The molecule has 2 aromatic carbocycles. The van der Waals surface area contributed by atoms with E-state index in [1.54, 1.807) is 6.92 Å². The number of sulfonamides is 1. The summed E-state index contributed by atoms with van der Waals surface area (Å²) in [6.07, 6.45) is -1.39. The zero-order chi connectivity index (χ0) is 30.7. The summed E-state index contributed by atoms with van der Waals surface area (Å²) in [6, 6.07) is 9.50. The van der Waals surface area contributed by atoms with Crippen molar-refractivity contribution in [2.75, 3.05) is 16.7 Å². The highest BCUT2D eigenvalue weighted by Gasteiger charge is 2.33. The fraction of sp³-hybridized carbons (Fsp3) is 0.154. The van der Waals surface area contributed by atoms with Crippen molar-refractivity contribution < 1.29 is 40.2 Å². The molecular formula is C26H20ClF4N5O5S. The Morgan fingerprint density at radius 2 is 1.76 bits per heavy atom. The summed E-state index contributed by atoms with van der Waals surface area (Å²) in [5, 5.41) is -0.0319. The van der Waals surface area contributed by atoms with E-state index in [0.29, 0.717) is 0 Å². The van der Waals surface area contributed by atoms with E-state index in [9.17, 15) is 30.8 Å². The van der Waals surface area contributed by atoms with Gasteiger partial charge in [0.25, 0.3) is 10.0 Å². The van der Waals surface area contributed by atoms with E-state index in [4.69, 9.17) is 16.3 Å². The summed E-state index contributed by atoms with van der Waals surface area (Å²) >= 11 is 6.49. The zero-order valence-corrected chi connectivity index (χ0v) is 23.3. The van der Waals surface area contributed by atoms with E-state index in [1.807, 2.05) is 0 Å². The highest BCUT2D eigenvalue weighted by molar-refractivity contribution is 7.92. The van der Waals surface area contributed by atoms with Crippen molar-refractivity contribution in [2.45, 2.75) is 24.6 Å². The molecule has 2 heterocycles. The minimum absolute atomic E-state index is 0.00669. The van der Waals surface area contributed by atoms with Crippen molar-refractivity contribution in [3.05, 3.63) is 78.0 Å². The molecule has 0 aliphatic heterocycles. The summed E-state index contributed by atoms with van der Waals surface area (Å²) < 4.78 is 89.1. The van der Waals surface area contributed by atoms with Gasteiger partial charge in [0.05, 0.1) is 17.8 Å². The number of benzene rings is 2. The lowest BCUT2D eigenvalue weighted by Crippen LogP contribution is -2.26. The predicted molar refractivity (Wildman–Crippen MR) is 145 cm³/mol. The number of hydrogen-bond donors (Lipinski definition) is 1. The predicted octanol–water partition coefficient (Wildman–Crippen LogP) is 6.11. The Bertz CT molecular complexity index is 1710. The molecule has 0 aliphatic rings. The molecule has 0 saturated heterocycles. The van der Waals surface area contributed by atoms with Gasteiger partial charge in [-0.15, -0.1) is 13.2 Å². The van der Waals surface area contributed by atoms with Crippen LogP contribution in [0.1, 0.15) is 13.3 Å². The summed E-state index contributed by atoms with van der Waals surface area (Å²) in [6.45, 7) is 1.58. The number of carbonyl (C=O) groups excluding carboxylic acids is 1. The lowest BCUT2D eigenvalue weighted by Gasteiger charge is -2.25. The van der Waals surface area contributed by atoms with E-state index < -0.39 is 33.9 Å². The molecule has 0 saturated carbocycles. The Morgan fingerprint density at radius 1 is 1.05 bits per heavy atom. The van der Waals surface area contributed by atoms with Crippen LogP contribution in [0.4, 0.5) is 35.0 Å². The molecule has 4 rings (SSSR count). The average Bonchev–Trinajstić information content (AvgIpc) is 2.94. The maximum absolute atomic E-state index is 14.0. The molecular weight excluding hydrogens is 606 g/mol. The molecule has 10 nitrogen and oxygen atoms in total. The van der Waals surface area contributed by atoms with Gasteiger partial charge in [-0.05, 0) is 48.0 Å². The number of amides is 1. The first kappa shape index (κ1) is 30.5. The second kappa shape index (κ2) is 12.2. The van der Waals surface area contributed by atoms with Gasteiger partial charge in [-0.25, -0.2) is 32.5 Å². The normalized spacial score (nSPS) is 11.6. The number of methoxy groups -OCH3 is 1. The van der Waals surface area contributed by atoms with Gasteiger partial charge in [-0.2, -0.15) is 0 Å². The second-order valence-electron chi connectivity index (χ2n) is 8.31. The third-order valence-electron chi connectivity index (χ3n) is 5.58. The van der Waals surface area contributed by atoms with E-state index >= 15 is 0 Å². The van der Waals surface area contributed by atoms with Crippen LogP contribution in [0.5, 0.6) is 11.5 Å². The molecule has 0 aliphatic carbocycles. The van der Waals surface area contributed by atoms with Gasteiger partial charge in [0, 0.05) is 30.6 Å². The highest BCUT2D eigenvalue weighted by Crippen LogP contribution is 2.42. The van der Waals surface area contributed by atoms with Crippen LogP contribution in [0.25, 0.3) is 11.1 Å². The molecule has 0 atom stereocenters. The molecule has 0 fully saturated rings. The Labute approximate surface area is 242 Å². The lowest BCUT2D eigenvalue weighted by atomic mass is 10.0. The molecule has 1 amide bonds. The minimum Gasteiger partial charge on any atom is -0.495 e. The SMILES string of the molecule is CCC(=O)N(c1ccc(S(=O)(=O)Nc2ncccn2)cn1)c1cc(Cl)c(-c2ccc(F)c(OC(F)(F)F)c2)cc1OC. The first-order valence-corrected chi connectivity index (χ1v) is 13.7. The molecule has 0 spiro atoms. The number of pyridine rings is 1. The van der Waals surface area contributed by atoms with Crippen molar-refractivity contribution in [1.82, 2.24) is 15.0 Å². The lowest BCUT2D eigenvalue weighted by molar-refractivity contribution is -0.275. The van der Waals surface area contributed by atoms with Crippen LogP contribution in [-0.4, -0.2) is 42.7 Å². The Kier molecular flexibility index (Phi) is 8.82. The quantitative estimate of drug-likeness (QED) is 0.221. The third kappa shape index (κ3) is 6.86. The van der Waals surface area contributed by atoms with E-state index in [0.717, 1.165) is 23.2 Å². The van der Waals surface area contributed by atoms with Crippen molar-refractivity contribution in [2.24, 2.45) is 0 Å². The molecule has 220 valence electrons.